The lowest BCUT2D eigenvalue weighted by Crippen LogP contribution is -2.41. The first-order valence-corrected chi connectivity index (χ1v) is 12.6. The Hall–Kier alpha value is -3.28. The summed E-state index contributed by atoms with van der Waals surface area (Å²) in [6.45, 7) is 13.0. The number of hydrogen-bond donors (Lipinski definition) is 0. The van der Waals surface area contributed by atoms with E-state index in [1.807, 2.05) is 36.9 Å². The molecule has 1 saturated heterocycles. The molecule has 0 radical (unpaired) electrons. The lowest BCUT2D eigenvalue weighted by Gasteiger charge is -2.32. The van der Waals surface area contributed by atoms with Crippen LogP contribution in [-0.4, -0.2) is 28.3 Å². The van der Waals surface area contributed by atoms with E-state index in [1.54, 1.807) is 0 Å². The van der Waals surface area contributed by atoms with Gasteiger partial charge in [0.2, 0.25) is 0 Å². The molecule has 0 amide bonds. The predicted molar refractivity (Wildman–Crippen MR) is 146 cm³/mol. The molecule has 2 aromatic heterocycles. The Morgan fingerprint density at radius 2 is 1.22 bits per heavy atom. The monoisotopic (exact) mass is 474 g/mol. The van der Waals surface area contributed by atoms with Crippen molar-refractivity contribution in [1.29, 1.82) is 0 Å². The van der Waals surface area contributed by atoms with Crippen LogP contribution < -0.4 is 5.46 Å². The van der Waals surface area contributed by atoms with E-state index in [4.69, 9.17) is 9.31 Å². The SMILES string of the molecule is CC1(C)c2ccc(-c3cccnc3)cc2-c2cc(-c3cnccc3B3OC(C)(C)C(C)(C)O3)ccc21. The Morgan fingerprint density at radius 3 is 1.86 bits per heavy atom. The lowest BCUT2D eigenvalue weighted by molar-refractivity contribution is 0.00578. The second kappa shape index (κ2) is 7.86. The molecule has 4 aromatic rings. The molecule has 5 heteroatoms. The summed E-state index contributed by atoms with van der Waals surface area (Å²) in [5, 5.41) is 0. The molecule has 4 nitrogen and oxygen atoms in total. The molecule has 1 aliphatic carbocycles. The molecule has 1 aliphatic heterocycles. The molecule has 0 spiro atoms. The van der Waals surface area contributed by atoms with Crippen molar-refractivity contribution in [1.82, 2.24) is 9.97 Å². The van der Waals surface area contributed by atoms with Gasteiger partial charge in [-0.25, -0.2) is 0 Å². The summed E-state index contributed by atoms with van der Waals surface area (Å²) in [6, 6.07) is 19.7. The van der Waals surface area contributed by atoms with Gasteiger partial charge in [-0.3, -0.25) is 9.97 Å². The maximum absolute atomic E-state index is 6.40. The summed E-state index contributed by atoms with van der Waals surface area (Å²) in [4.78, 5) is 8.79. The van der Waals surface area contributed by atoms with Crippen molar-refractivity contribution in [2.45, 2.75) is 58.2 Å². The van der Waals surface area contributed by atoms with Crippen LogP contribution >= 0.6 is 0 Å². The van der Waals surface area contributed by atoms with Gasteiger partial charge in [0.15, 0.2) is 0 Å². The second-order valence-electron chi connectivity index (χ2n) is 11.4. The summed E-state index contributed by atoms with van der Waals surface area (Å²) < 4.78 is 12.8. The fourth-order valence-electron chi connectivity index (χ4n) is 5.47. The summed E-state index contributed by atoms with van der Waals surface area (Å²) >= 11 is 0. The Morgan fingerprint density at radius 1 is 0.611 bits per heavy atom. The van der Waals surface area contributed by atoms with E-state index in [9.17, 15) is 0 Å². The molecule has 2 aliphatic rings. The van der Waals surface area contributed by atoms with E-state index < -0.39 is 18.3 Å². The Labute approximate surface area is 213 Å². The van der Waals surface area contributed by atoms with E-state index in [0.717, 1.165) is 22.2 Å². The van der Waals surface area contributed by atoms with Crippen LogP contribution in [0, 0.1) is 0 Å². The fourth-order valence-corrected chi connectivity index (χ4v) is 5.47. The highest BCUT2D eigenvalue weighted by molar-refractivity contribution is 6.63. The maximum Gasteiger partial charge on any atom is 0.495 e. The summed E-state index contributed by atoms with van der Waals surface area (Å²) in [7, 11) is -0.442. The van der Waals surface area contributed by atoms with Crippen LogP contribution in [0.25, 0.3) is 33.4 Å². The van der Waals surface area contributed by atoms with Gasteiger partial charge in [-0.05, 0) is 96.4 Å². The van der Waals surface area contributed by atoms with Gasteiger partial charge in [0.1, 0.15) is 0 Å². The Bertz CT molecular complexity index is 1460. The summed E-state index contributed by atoms with van der Waals surface area (Å²) in [5.74, 6) is 0. The summed E-state index contributed by atoms with van der Waals surface area (Å²) in [5.41, 5.74) is 9.81. The van der Waals surface area contributed by atoms with Gasteiger partial charge in [0.05, 0.1) is 11.2 Å². The lowest BCUT2D eigenvalue weighted by atomic mass is 9.75. The Kier molecular flexibility index (Phi) is 5.05. The molecule has 0 atom stereocenters. The number of benzene rings is 2. The van der Waals surface area contributed by atoms with E-state index in [1.165, 1.54) is 27.8 Å². The van der Waals surface area contributed by atoms with Crippen molar-refractivity contribution < 1.29 is 9.31 Å². The average Bonchev–Trinajstić information content (AvgIpc) is 3.23. The molecule has 6 rings (SSSR count). The van der Waals surface area contributed by atoms with Gasteiger partial charge in [-0.15, -0.1) is 0 Å². The quantitative estimate of drug-likeness (QED) is 0.322. The number of pyridine rings is 2. The predicted octanol–water partition coefficient (Wildman–Crippen LogP) is 6.42. The van der Waals surface area contributed by atoms with Crippen LogP contribution in [0.5, 0.6) is 0 Å². The molecular formula is C31H31BN2O2. The minimum Gasteiger partial charge on any atom is -0.399 e. The van der Waals surface area contributed by atoms with Crippen LogP contribution in [0.1, 0.15) is 52.7 Å². The van der Waals surface area contributed by atoms with E-state index >= 15 is 0 Å². The number of hydrogen-bond acceptors (Lipinski definition) is 4. The minimum absolute atomic E-state index is 0.0693. The largest absolute Gasteiger partial charge is 0.495 e. The highest BCUT2D eigenvalue weighted by Gasteiger charge is 2.52. The van der Waals surface area contributed by atoms with Crippen molar-refractivity contribution in [3.63, 3.8) is 0 Å². The van der Waals surface area contributed by atoms with Gasteiger partial charge >= 0.3 is 7.12 Å². The van der Waals surface area contributed by atoms with Crippen LogP contribution in [0.4, 0.5) is 0 Å². The number of rotatable bonds is 3. The standard InChI is InChI=1S/C31H31BN2O2/c1-29(2)26-11-9-20(22-8-7-14-33-18-22)16-23(26)24-17-21(10-12-27(24)29)25-19-34-15-13-28(25)32-35-30(3,4)31(5,6)36-32/h7-19H,1-6H3. The fraction of sp³-hybridized carbons (Fsp3) is 0.290. The zero-order chi connectivity index (χ0) is 25.3. The number of aromatic nitrogens is 2. The molecule has 36 heavy (non-hydrogen) atoms. The Balaban J connectivity index is 1.47. The van der Waals surface area contributed by atoms with Gasteiger partial charge in [-0.2, -0.15) is 0 Å². The third-order valence-corrected chi connectivity index (χ3v) is 8.34. The molecule has 3 heterocycles. The maximum atomic E-state index is 6.40. The topological polar surface area (TPSA) is 44.2 Å². The van der Waals surface area contributed by atoms with Gasteiger partial charge in [0, 0.05) is 35.8 Å². The first-order chi connectivity index (χ1) is 17.1. The van der Waals surface area contributed by atoms with Crippen molar-refractivity contribution in [2.75, 3.05) is 0 Å². The third kappa shape index (κ3) is 3.45. The van der Waals surface area contributed by atoms with E-state index in [0.29, 0.717) is 0 Å². The highest BCUT2D eigenvalue weighted by atomic mass is 16.7. The van der Waals surface area contributed by atoms with Crippen LogP contribution in [0.2, 0.25) is 0 Å². The van der Waals surface area contributed by atoms with E-state index in [2.05, 4.69) is 94.0 Å². The molecule has 180 valence electrons. The van der Waals surface area contributed by atoms with Crippen LogP contribution in [0.15, 0.2) is 79.4 Å². The minimum atomic E-state index is -0.442. The first-order valence-electron chi connectivity index (χ1n) is 12.6. The first kappa shape index (κ1) is 23.1. The van der Waals surface area contributed by atoms with Crippen LogP contribution in [-0.2, 0) is 14.7 Å². The highest BCUT2D eigenvalue weighted by Crippen LogP contribution is 2.50. The molecule has 2 aromatic carbocycles. The van der Waals surface area contributed by atoms with Crippen molar-refractivity contribution in [3.8, 4) is 33.4 Å². The van der Waals surface area contributed by atoms with Crippen molar-refractivity contribution in [3.05, 3.63) is 90.5 Å². The third-order valence-electron chi connectivity index (χ3n) is 8.34. The van der Waals surface area contributed by atoms with Crippen molar-refractivity contribution in [2.24, 2.45) is 0 Å². The van der Waals surface area contributed by atoms with Gasteiger partial charge in [-0.1, -0.05) is 44.2 Å². The summed E-state index contributed by atoms with van der Waals surface area (Å²) in [6.07, 6.45) is 7.48. The van der Waals surface area contributed by atoms with Crippen molar-refractivity contribution >= 4 is 12.6 Å². The smallest absolute Gasteiger partial charge is 0.399 e. The molecule has 0 bridgehead atoms. The number of nitrogens with zero attached hydrogens (tertiary/aromatic N) is 2. The molecule has 0 saturated carbocycles. The zero-order valence-electron chi connectivity index (χ0n) is 21.8. The molecule has 0 unspecified atom stereocenters. The average molecular weight is 474 g/mol. The van der Waals surface area contributed by atoms with Gasteiger partial charge < -0.3 is 9.31 Å². The van der Waals surface area contributed by atoms with E-state index in [-0.39, 0.29) is 5.41 Å². The second-order valence-corrected chi connectivity index (χ2v) is 11.4. The molecule has 1 fully saturated rings. The number of fused-ring (bicyclic) bond motifs is 3. The zero-order valence-corrected chi connectivity index (χ0v) is 21.8. The molecular weight excluding hydrogens is 443 g/mol. The van der Waals surface area contributed by atoms with Gasteiger partial charge in [0.25, 0.3) is 0 Å². The molecule has 0 N–H and O–H groups in total. The normalized spacial score (nSPS) is 18.7. The van der Waals surface area contributed by atoms with Crippen LogP contribution in [0.3, 0.4) is 0 Å².